The number of ketones is 1. The molecule has 13 nitrogen and oxygen atoms in total. The maximum atomic E-state index is 15.1. The summed E-state index contributed by atoms with van der Waals surface area (Å²) in [6, 6.07) is 31.4. The van der Waals surface area contributed by atoms with E-state index in [2.05, 4.69) is 62.1 Å². The summed E-state index contributed by atoms with van der Waals surface area (Å²) in [6.45, 7) is 11.9. The molecule has 0 saturated heterocycles. The van der Waals surface area contributed by atoms with Crippen molar-refractivity contribution in [3.05, 3.63) is 155 Å². The highest BCUT2D eigenvalue weighted by atomic mass is 35.5. The lowest BCUT2D eigenvalue weighted by molar-refractivity contribution is 0.0992. The summed E-state index contributed by atoms with van der Waals surface area (Å²) in [4.78, 5) is 52.8. The van der Waals surface area contributed by atoms with E-state index in [9.17, 15) is 4.79 Å². The molecule has 2 N–H and O–H groups in total. The number of nitrogens with one attached hydrogen (secondary N) is 2. The number of rotatable bonds is 13. The molecule has 63 heavy (non-hydrogen) atoms. The quantitative estimate of drug-likeness (QED) is 0.0856. The largest absolute Gasteiger partial charge is 0.497 e. The molecule has 4 amide bonds. The minimum atomic E-state index is -0.883. The van der Waals surface area contributed by atoms with Crippen LogP contribution in [0.25, 0.3) is 0 Å². The number of halogens is 1. The summed E-state index contributed by atoms with van der Waals surface area (Å²) < 4.78 is 23.8. The van der Waals surface area contributed by atoms with Crippen molar-refractivity contribution in [1.29, 1.82) is 0 Å². The summed E-state index contributed by atoms with van der Waals surface area (Å²) in [7, 11) is 3.04. The summed E-state index contributed by atoms with van der Waals surface area (Å²) >= 11 is 6.47. The fourth-order valence-electron chi connectivity index (χ4n) is 6.60. The molecule has 0 bridgehead atoms. The Balaban J connectivity index is 1.51. The second-order valence-corrected chi connectivity index (χ2v) is 16.8. The van der Waals surface area contributed by atoms with Crippen molar-refractivity contribution in [3.8, 4) is 34.8 Å². The van der Waals surface area contributed by atoms with Crippen LogP contribution in [0.2, 0.25) is 5.02 Å². The number of hydrogen-bond donors (Lipinski definition) is 2. The highest BCUT2D eigenvalue weighted by Crippen LogP contribution is 2.41. The lowest BCUT2D eigenvalue weighted by Crippen LogP contribution is -2.57. The normalized spacial score (nSPS) is 11.3. The SMILES string of the molecule is COc1ccc(C(=O)CNC(=O)N(c2cccnc2Oc2ccccc2C(C)(C)C)N(C(=O)NCc2ccc(OC)c(Cl)c2)c2cccnc2Oc2ccccc2C(C)(C)C)cc1. The van der Waals surface area contributed by atoms with Gasteiger partial charge in [0.05, 0.1) is 25.8 Å². The molecule has 326 valence electrons. The van der Waals surface area contributed by atoms with Crippen LogP contribution in [-0.4, -0.2) is 48.6 Å². The average Bonchev–Trinajstić information content (AvgIpc) is 3.27. The van der Waals surface area contributed by atoms with Crippen LogP contribution in [0.5, 0.6) is 34.8 Å². The second-order valence-electron chi connectivity index (χ2n) is 16.4. The smallest absolute Gasteiger partial charge is 0.342 e. The molecule has 0 aliphatic rings. The molecule has 14 heteroatoms. The Kier molecular flexibility index (Phi) is 14.2. The Morgan fingerprint density at radius 1 is 0.603 bits per heavy atom. The predicted molar refractivity (Wildman–Crippen MR) is 245 cm³/mol. The van der Waals surface area contributed by atoms with Crippen LogP contribution in [0.15, 0.2) is 128 Å². The first-order valence-corrected chi connectivity index (χ1v) is 20.6. The number of hydrazine groups is 1. The number of hydrogen-bond acceptors (Lipinski definition) is 9. The Morgan fingerprint density at radius 2 is 1.11 bits per heavy atom. The lowest BCUT2D eigenvalue weighted by atomic mass is 9.86. The van der Waals surface area contributed by atoms with Gasteiger partial charge in [-0.05, 0) is 89.2 Å². The van der Waals surface area contributed by atoms with E-state index >= 15 is 9.59 Å². The van der Waals surface area contributed by atoms with Gasteiger partial charge < -0.3 is 29.6 Å². The summed E-state index contributed by atoms with van der Waals surface area (Å²) in [6.07, 6.45) is 3.04. The van der Waals surface area contributed by atoms with Gasteiger partial charge in [-0.2, -0.15) is 10.0 Å². The van der Waals surface area contributed by atoms with Crippen LogP contribution in [0, 0.1) is 0 Å². The van der Waals surface area contributed by atoms with Gasteiger partial charge in [0.25, 0.3) is 0 Å². The summed E-state index contributed by atoms with van der Waals surface area (Å²) in [5, 5.41) is 8.16. The molecule has 0 aliphatic carbocycles. The van der Waals surface area contributed by atoms with Gasteiger partial charge in [-0.1, -0.05) is 95.6 Å². The summed E-state index contributed by atoms with van der Waals surface area (Å²) in [5.41, 5.74) is 2.15. The predicted octanol–water partition coefficient (Wildman–Crippen LogP) is 11.1. The molecule has 6 aromatic rings. The standard InChI is InChI=1S/C49H51ClN6O7/c1-48(2,3)35-15-9-11-19-41(35)62-44-38(17-13-27-51-44)55(46(58)53-30-32-21-26-43(61-8)37(50)29-32)56(47(59)54-31-40(57)33-22-24-34(60-7)25-23-33)39-18-14-28-52-45(39)63-42-20-12-10-16-36(42)49(4,5)6/h9-29H,30-31H2,1-8H3,(H,53,58)(H,54,59). The van der Waals surface area contributed by atoms with E-state index in [4.69, 9.17) is 30.5 Å². The number of benzene rings is 4. The zero-order valence-corrected chi connectivity index (χ0v) is 37.3. The number of ether oxygens (including phenoxy) is 4. The lowest BCUT2D eigenvalue weighted by Gasteiger charge is -2.35. The molecule has 0 atom stereocenters. The van der Waals surface area contributed by atoms with Gasteiger partial charge in [0.1, 0.15) is 34.4 Å². The number of carbonyl (C=O) groups is 3. The molecule has 0 radical (unpaired) electrons. The zero-order chi connectivity index (χ0) is 45.3. The monoisotopic (exact) mass is 870 g/mol. The van der Waals surface area contributed by atoms with E-state index in [0.717, 1.165) is 21.1 Å². The van der Waals surface area contributed by atoms with Crippen LogP contribution in [-0.2, 0) is 17.4 Å². The van der Waals surface area contributed by atoms with Gasteiger partial charge in [-0.3, -0.25) is 4.79 Å². The molecule has 0 aliphatic heterocycles. The minimum absolute atomic E-state index is 0.00612. The van der Waals surface area contributed by atoms with Gasteiger partial charge in [-0.25, -0.2) is 19.6 Å². The number of methoxy groups -OCH3 is 2. The molecular weight excluding hydrogens is 820 g/mol. The Bertz CT molecular complexity index is 2570. The van der Waals surface area contributed by atoms with Crippen molar-refractivity contribution in [1.82, 2.24) is 20.6 Å². The number of anilines is 2. The van der Waals surface area contributed by atoms with Crippen LogP contribution in [0.4, 0.5) is 21.0 Å². The molecule has 0 unspecified atom stereocenters. The van der Waals surface area contributed by atoms with Crippen LogP contribution in [0.3, 0.4) is 0 Å². The molecule has 0 fully saturated rings. The Morgan fingerprint density at radius 3 is 1.59 bits per heavy atom. The molecule has 0 saturated carbocycles. The van der Waals surface area contributed by atoms with E-state index in [0.29, 0.717) is 39.1 Å². The van der Waals surface area contributed by atoms with Crippen molar-refractivity contribution >= 4 is 40.8 Å². The third kappa shape index (κ3) is 11.0. The Hall–Kier alpha value is -7.12. The van der Waals surface area contributed by atoms with E-state index in [1.54, 1.807) is 72.8 Å². The second kappa shape index (κ2) is 19.7. The molecule has 4 aromatic carbocycles. The maximum absolute atomic E-state index is 15.1. The molecule has 6 rings (SSSR count). The van der Waals surface area contributed by atoms with Gasteiger partial charge in [-0.15, -0.1) is 0 Å². The first kappa shape index (κ1) is 45.4. The van der Waals surface area contributed by atoms with E-state index in [-0.39, 0.29) is 40.5 Å². The number of Topliss-reactive ketones (excluding diaryl/α,β-unsaturated/α-hetero) is 1. The molecule has 2 heterocycles. The van der Waals surface area contributed by atoms with Crippen molar-refractivity contribution in [2.45, 2.75) is 58.9 Å². The van der Waals surface area contributed by atoms with Crippen molar-refractivity contribution in [2.24, 2.45) is 0 Å². The number of aromatic nitrogens is 2. The fourth-order valence-corrected chi connectivity index (χ4v) is 6.88. The number of carbonyl (C=O) groups excluding carboxylic acids is 3. The maximum Gasteiger partial charge on any atom is 0.342 e. The number of amides is 4. The van der Waals surface area contributed by atoms with Gasteiger partial charge >= 0.3 is 12.1 Å². The molecule has 0 spiro atoms. The third-order valence-corrected chi connectivity index (χ3v) is 10.1. The first-order valence-electron chi connectivity index (χ1n) is 20.2. The van der Waals surface area contributed by atoms with E-state index < -0.39 is 24.4 Å². The van der Waals surface area contributed by atoms with Crippen molar-refractivity contribution < 1.29 is 33.3 Å². The van der Waals surface area contributed by atoms with Crippen molar-refractivity contribution in [2.75, 3.05) is 30.8 Å². The summed E-state index contributed by atoms with van der Waals surface area (Å²) in [5.74, 6) is 1.58. The van der Waals surface area contributed by atoms with Gasteiger partial charge in [0.2, 0.25) is 11.8 Å². The fraction of sp³-hybridized carbons (Fsp3) is 0.245. The van der Waals surface area contributed by atoms with Gasteiger partial charge in [0, 0.05) is 35.6 Å². The van der Waals surface area contributed by atoms with Crippen LogP contribution < -0.4 is 39.6 Å². The highest BCUT2D eigenvalue weighted by Gasteiger charge is 2.36. The molecular formula is C49H51ClN6O7. The number of nitrogens with zero attached hydrogens (tertiary/aromatic N) is 4. The number of para-hydroxylation sites is 2. The molecule has 2 aromatic heterocycles. The first-order chi connectivity index (χ1) is 30.1. The van der Waals surface area contributed by atoms with Gasteiger partial charge in [0.15, 0.2) is 5.78 Å². The third-order valence-electron chi connectivity index (χ3n) is 9.82. The number of urea groups is 2. The van der Waals surface area contributed by atoms with Crippen molar-refractivity contribution in [3.63, 3.8) is 0 Å². The average molecular weight is 871 g/mol. The van der Waals surface area contributed by atoms with Crippen LogP contribution in [0.1, 0.15) is 68.6 Å². The zero-order valence-electron chi connectivity index (χ0n) is 36.6. The topological polar surface area (TPSA) is 144 Å². The highest BCUT2D eigenvalue weighted by molar-refractivity contribution is 6.32. The minimum Gasteiger partial charge on any atom is -0.497 e. The van der Waals surface area contributed by atoms with E-state index in [1.807, 2.05) is 42.5 Å². The van der Waals surface area contributed by atoms with E-state index in [1.165, 1.54) is 26.6 Å². The van der Waals surface area contributed by atoms with Crippen LogP contribution >= 0.6 is 11.6 Å². The number of pyridine rings is 2. The Labute approximate surface area is 372 Å².